The minimum absolute atomic E-state index is 0.103. The van der Waals surface area contributed by atoms with Gasteiger partial charge < -0.3 is 14.4 Å². The highest BCUT2D eigenvalue weighted by Crippen LogP contribution is 2.28. The second-order valence-electron chi connectivity index (χ2n) is 4.82. The lowest BCUT2D eigenvalue weighted by Gasteiger charge is -2.05. The molecule has 0 N–H and O–H groups in total. The minimum atomic E-state index is -1.26. The summed E-state index contributed by atoms with van der Waals surface area (Å²) < 4.78 is 5.20. The molecule has 0 atom stereocenters. The van der Waals surface area contributed by atoms with Gasteiger partial charge in [-0.15, -0.1) is 0 Å². The average Bonchev–Trinajstić information content (AvgIpc) is 3.18. The standard InChI is InChI=1S/C16H10Cl2N2O3S/c17-12-2-1-9(13(18)7-12)5-11(6-14(21)22)16-19-15(20-23-16)10-3-4-24-8-10/h1-5,7-8H,6H2,(H,21,22)/p-1/b11-5+. The van der Waals surface area contributed by atoms with E-state index in [9.17, 15) is 9.90 Å². The van der Waals surface area contributed by atoms with Gasteiger partial charge in [-0.25, -0.2) is 0 Å². The minimum Gasteiger partial charge on any atom is -0.550 e. The molecule has 0 unspecified atom stereocenters. The zero-order valence-electron chi connectivity index (χ0n) is 12.0. The first-order chi connectivity index (χ1) is 11.5. The van der Waals surface area contributed by atoms with Crippen molar-refractivity contribution in [1.82, 2.24) is 10.1 Å². The number of aliphatic carboxylic acids is 1. The summed E-state index contributed by atoms with van der Waals surface area (Å²) >= 11 is 13.5. The van der Waals surface area contributed by atoms with Crippen LogP contribution in [0.1, 0.15) is 17.9 Å². The van der Waals surface area contributed by atoms with Crippen LogP contribution in [0.5, 0.6) is 0 Å². The van der Waals surface area contributed by atoms with Crippen molar-refractivity contribution in [2.45, 2.75) is 6.42 Å². The Morgan fingerprint density at radius 1 is 1.33 bits per heavy atom. The van der Waals surface area contributed by atoms with Crippen LogP contribution in [0.4, 0.5) is 0 Å². The van der Waals surface area contributed by atoms with Crippen LogP contribution < -0.4 is 5.11 Å². The summed E-state index contributed by atoms with van der Waals surface area (Å²) in [6, 6.07) is 6.74. The number of nitrogens with zero attached hydrogens (tertiary/aromatic N) is 2. The van der Waals surface area contributed by atoms with E-state index in [1.807, 2.05) is 16.8 Å². The van der Waals surface area contributed by atoms with Crippen LogP contribution in [0, 0.1) is 0 Å². The van der Waals surface area contributed by atoms with Crippen molar-refractivity contribution in [2.75, 3.05) is 0 Å². The first kappa shape index (κ1) is 16.7. The maximum absolute atomic E-state index is 11.1. The van der Waals surface area contributed by atoms with Crippen molar-refractivity contribution in [1.29, 1.82) is 0 Å². The van der Waals surface area contributed by atoms with Gasteiger partial charge in [-0.3, -0.25) is 0 Å². The van der Waals surface area contributed by atoms with Gasteiger partial charge in [0.1, 0.15) is 0 Å². The molecule has 3 rings (SSSR count). The van der Waals surface area contributed by atoms with Gasteiger partial charge in [-0.05, 0) is 35.2 Å². The van der Waals surface area contributed by atoms with Crippen molar-refractivity contribution < 1.29 is 14.4 Å². The summed E-state index contributed by atoms with van der Waals surface area (Å²) in [6.07, 6.45) is 1.18. The maximum Gasteiger partial charge on any atom is 0.254 e. The third-order valence-corrected chi connectivity index (χ3v) is 4.35. The molecule has 0 aliphatic rings. The Morgan fingerprint density at radius 2 is 2.17 bits per heavy atom. The summed E-state index contributed by atoms with van der Waals surface area (Å²) in [5, 5.41) is 19.6. The van der Waals surface area contributed by atoms with E-state index in [0.29, 0.717) is 27.0 Å². The van der Waals surface area contributed by atoms with Crippen molar-refractivity contribution in [3.05, 3.63) is 56.5 Å². The summed E-state index contributed by atoms with van der Waals surface area (Å²) in [4.78, 5) is 15.3. The number of carboxylic acid groups (broad SMARTS) is 1. The smallest absolute Gasteiger partial charge is 0.254 e. The molecule has 0 bridgehead atoms. The molecule has 0 fully saturated rings. The highest BCUT2D eigenvalue weighted by Gasteiger charge is 2.14. The number of thiophene rings is 1. The van der Waals surface area contributed by atoms with Crippen LogP contribution in [0.15, 0.2) is 39.5 Å². The Labute approximate surface area is 151 Å². The summed E-state index contributed by atoms with van der Waals surface area (Å²) in [5.74, 6) is -0.772. The zero-order valence-corrected chi connectivity index (χ0v) is 14.4. The van der Waals surface area contributed by atoms with Crippen LogP contribution in [0.3, 0.4) is 0 Å². The fourth-order valence-electron chi connectivity index (χ4n) is 2.01. The summed E-state index contributed by atoms with van der Waals surface area (Å²) in [6.45, 7) is 0. The van der Waals surface area contributed by atoms with Gasteiger partial charge in [-0.2, -0.15) is 16.3 Å². The molecule has 0 amide bonds. The SMILES string of the molecule is O=C([O-])C/C(=C\c1ccc(Cl)cc1Cl)c1nc(-c2ccsc2)no1. The Hall–Kier alpha value is -2.15. The van der Waals surface area contributed by atoms with Crippen molar-refractivity contribution in [3.8, 4) is 11.4 Å². The number of hydrogen-bond donors (Lipinski definition) is 0. The predicted octanol–water partition coefficient (Wildman–Crippen LogP) is 3.79. The van der Waals surface area contributed by atoms with E-state index in [-0.39, 0.29) is 12.3 Å². The summed E-state index contributed by atoms with van der Waals surface area (Å²) in [7, 11) is 0. The second kappa shape index (κ2) is 7.17. The lowest BCUT2D eigenvalue weighted by atomic mass is 10.1. The Morgan fingerprint density at radius 3 is 2.83 bits per heavy atom. The highest BCUT2D eigenvalue weighted by molar-refractivity contribution is 7.08. The average molecular weight is 380 g/mol. The Bertz CT molecular complexity index is 904. The van der Waals surface area contributed by atoms with Crippen LogP contribution >= 0.6 is 34.5 Å². The van der Waals surface area contributed by atoms with Gasteiger partial charge in [0.25, 0.3) is 5.89 Å². The second-order valence-corrected chi connectivity index (χ2v) is 6.44. The van der Waals surface area contributed by atoms with Crippen molar-refractivity contribution in [3.63, 3.8) is 0 Å². The van der Waals surface area contributed by atoms with E-state index in [1.165, 1.54) is 11.3 Å². The van der Waals surface area contributed by atoms with E-state index in [2.05, 4.69) is 10.1 Å². The summed E-state index contributed by atoms with van der Waals surface area (Å²) in [5.41, 5.74) is 1.69. The topological polar surface area (TPSA) is 79.0 Å². The third-order valence-electron chi connectivity index (χ3n) is 3.11. The number of halogens is 2. The highest BCUT2D eigenvalue weighted by atomic mass is 35.5. The number of hydrogen-bond acceptors (Lipinski definition) is 6. The van der Waals surface area contributed by atoms with Gasteiger partial charge in [0.15, 0.2) is 0 Å². The molecule has 24 heavy (non-hydrogen) atoms. The fourth-order valence-corrected chi connectivity index (χ4v) is 3.11. The number of aromatic nitrogens is 2. The number of rotatable bonds is 5. The van der Waals surface area contributed by atoms with Crippen LogP contribution in [0.2, 0.25) is 10.0 Å². The predicted molar refractivity (Wildman–Crippen MR) is 91.6 cm³/mol. The van der Waals surface area contributed by atoms with E-state index in [0.717, 1.165) is 5.56 Å². The molecule has 0 saturated carbocycles. The van der Waals surface area contributed by atoms with E-state index in [4.69, 9.17) is 27.7 Å². The Kier molecular flexibility index (Phi) is 4.99. The van der Waals surface area contributed by atoms with Crippen LogP contribution in [-0.2, 0) is 4.79 Å². The van der Waals surface area contributed by atoms with Gasteiger partial charge in [0.05, 0.1) is 0 Å². The monoisotopic (exact) mass is 379 g/mol. The number of carbonyl (C=O) groups excluding carboxylic acids is 1. The number of carbonyl (C=O) groups is 1. The van der Waals surface area contributed by atoms with E-state index in [1.54, 1.807) is 24.3 Å². The lowest BCUT2D eigenvalue weighted by molar-refractivity contribution is -0.304. The molecule has 0 aliphatic heterocycles. The van der Waals surface area contributed by atoms with Crippen LogP contribution in [0.25, 0.3) is 23.0 Å². The molecule has 5 nitrogen and oxygen atoms in total. The van der Waals surface area contributed by atoms with E-state index >= 15 is 0 Å². The molecule has 1 aromatic carbocycles. The first-order valence-corrected chi connectivity index (χ1v) is 8.45. The molecular formula is C16H9Cl2N2O3S-. The molecule has 2 aromatic heterocycles. The van der Waals surface area contributed by atoms with Gasteiger partial charge in [0, 0.05) is 39.0 Å². The van der Waals surface area contributed by atoms with Crippen molar-refractivity contribution >= 4 is 52.2 Å². The third kappa shape index (κ3) is 3.84. The molecule has 122 valence electrons. The number of benzene rings is 1. The molecule has 2 heterocycles. The fraction of sp³-hybridized carbons (Fsp3) is 0.0625. The van der Waals surface area contributed by atoms with Gasteiger partial charge >= 0.3 is 0 Å². The first-order valence-electron chi connectivity index (χ1n) is 6.75. The van der Waals surface area contributed by atoms with Crippen molar-refractivity contribution in [2.24, 2.45) is 0 Å². The Balaban J connectivity index is 2.00. The number of carboxylic acids is 1. The molecule has 0 aliphatic carbocycles. The molecule has 0 radical (unpaired) electrons. The zero-order chi connectivity index (χ0) is 17.1. The van der Waals surface area contributed by atoms with E-state index < -0.39 is 5.97 Å². The van der Waals surface area contributed by atoms with Crippen LogP contribution in [-0.4, -0.2) is 16.1 Å². The van der Waals surface area contributed by atoms with Gasteiger partial charge in [-0.1, -0.05) is 34.4 Å². The molecule has 0 spiro atoms. The maximum atomic E-state index is 11.1. The molecule has 3 aromatic rings. The largest absolute Gasteiger partial charge is 0.550 e. The molecule has 0 saturated heterocycles. The molecular weight excluding hydrogens is 371 g/mol. The quantitative estimate of drug-likeness (QED) is 0.673. The normalized spacial score (nSPS) is 11.7. The lowest BCUT2D eigenvalue weighted by Crippen LogP contribution is -2.22. The molecule has 8 heteroatoms. The van der Waals surface area contributed by atoms with Gasteiger partial charge in [0.2, 0.25) is 5.82 Å².